The van der Waals surface area contributed by atoms with Crippen molar-refractivity contribution in [2.75, 3.05) is 6.54 Å². The third-order valence-corrected chi connectivity index (χ3v) is 4.52. The molecule has 9 heteroatoms. The minimum Gasteiger partial charge on any atom is -0.484 e. The van der Waals surface area contributed by atoms with E-state index in [9.17, 15) is 10.0 Å². The monoisotopic (exact) mass is 399 g/mol. The molecular weight excluding hydrogens is 374 g/mol. The van der Waals surface area contributed by atoms with Crippen molar-refractivity contribution in [1.82, 2.24) is 24.8 Å². The first-order chi connectivity index (χ1) is 14.2. The first-order valence-corrected chi connectivity index (χ1v) is 9.64. The van der Waals surface area contributed by atoms with Gasteiger partial charge >= 0.3 is 0 Å². The van der Waals surface area contributed by atoms with Gasteiger partial charge in [-0.05, 0) is 30.7 Å². The van der Waals surface area contributed by atoms with E-state index in [4.69, 9.17) is 9.15 Å². The van der Waals surface area contributed by atoms with Crippen LogP contribution in [0.3, 0.4) is 0 Å². The summed E-state index contributed by atoms with van der Waals surface area (Å²) in [7, 11) is 0. The smallest absolute Gasteiger partial charge is 0.253 e. The zero-order valence-electron chi connectivity index (χ0n) is 16.3. The number of carbonyl (C=O) groups is 1. The van der Waals surface area contributed by atoms with Crippen LogP contribution in [0.1, 0.15) is 50.3 Å². The number of unbranched alkanes of at least 4 members (excludes halogenated alkanes) is 2. The van der Waals surface area contributed by atoms with Crippen molar-refractivity contribution in [2.45, 2.75) is 45.1 Å². The van der Waals surface area contributed by atoms with E-state index in [1.807, 2.05) is 35.0 Å². The van der Waals surface area contributed by atoms with E-state index in [1.54, 1.807) is 12.5 Å². The van der Waals surface area contributed by atoms with Crippen LogP contribution < -0.4 is 4.74 Å². The maximum atomic E-state index is 10.7. The summed E-state index contributed by atoms with van der Waals surface area (Å²) in [5.41, 5.74) is 0.980. The van der Waals surface area contributed by atoms with Gasteiger partial charge in [-0.25, -0.2) is 10.0 Å². The molecule has 3 aromatic rings. The highest BCUT2D eigenvalue weighted by Crippen LogP contribution is 2.23. The van der Waals surface area contributed by atoms with E-state index >= 15 is 0 Å². The van der Waals surface area contributed by atoms with Gasteiger partial charge in [0.15, 0.2) is 6.61 Å². The van der Waals surface area contributed by atoms with Gasteiger partial charge in [0, 0.05) is 18.1 Å². The van der Waals surface area contributed by atoms with Crippen LogP contribution >= 0.6 is 0 Å². The topological polar surface area (TPSA) is 107 Å². The van der Waals surface area contributed by atoms with Crippen LogP contribution in [0, 0.1) is 0 Å². The van der Waals surface area contributed by atoms with Gasteiger partial charge in [0.25, 0.3) is 5.89 Å². The number of imidazole rings is 1. The third kappa shape index (κ3) is 5.89. The van der Waals surface area contributed by atoms with E-state index in [2.05, 4.69) is 22.1 Å². The molecule has 0 saturated carbocycles. The van der Waals surface area contributed by atoms with Crippen molar-refractivity contribution in [3.63, 3.8) is 0 Å². The number of benzene rings is 1. The number of hydrogen-bond acceptors (Lipinski definition) is 7. The van der Waals surface area contributed by atoms with Crippen molar-refractivity contribution in [1.29, 1.82) is 0 Å². The Bertz CT molecular complexity index is 863. The molecule has 1 aromatic carbocycles. The van der Waals surface area contributed by atoms with Crippen molar-refractivity contribution >= 4 is 6.41 Å². The molecule has 0 aliphatic heterocycles. The Morgan fingerprint density at radius 2 is 2.10 bits per heavy atom. The molecule has 1 N–H and O–H groups in total. The number of hydroxylamine groups is 2. The molecule has 3 rings (SSSR count). The second kappa shape index (κ2) is 10.4. The van der Waals surface area contributed by atoms with E-state index in [1.165, 1.54) is 0 Å². The van der Waals surface area contributed by atoms with E-state index in [0.29, 0.717) is 29.0 Å². The maximum absolute atomic E-state index is 10.7. The number of hydrogen-bond donors (Lipinski definition) is 1. The minimum atomic E-state index is -0.215. The number of amides is 1. The molecule has 0 radical (unpaired) electrons. The highest BCUT2D eigenvalue weighted by molar-refractivity contribution is 5.44. The van der Waals surface area contributed by atoms with Gasteiger partial charge < -0.3 is 13.7 Å². The lowest BCUT2D eigenvalue weighted by Crippen LogP contribution is -2.24. The van der Waals surface area contributed by atoms with Gasteiger partial charge in [-0.3, -0.25) is 10.0 Å². The average molecular weight is 399 g/mol. The summed E-state index contributed by atoms with van der Waals surface area (Å²) < 4.78 is 13.3. The molecule has 0 fully saturated rings. The minimum absolute atomic E-state index is 0.116. The summed E-state index contributed by atoms with van der Waals surface area (Å²) in [5, 5.41) is 18.3. The second-order valence-corrected chi connectivity index (χ2v) is 6.71. The van der Waals surface area contributed by atoms with Gasteiger partial charge in [0.2, 0.25) is 12.3 Å². The molecule has 0 spiro atoms. The molecule has 0 aliphatic carbocycles. The van der Waals surface area contributed by atoms with Crippen molar-refractivity contribution in [2.24, 2.45) is 0 Å². The average Bonchev–Trinajstić information content (AvgIpc) is 3.44. The number of ether oxygens (including phenoxy) is 1. The van der Waals surface area contributed by atoms with Gasteiger partial charge in [0.05, 0.1) is 18.8 Å². The normalized spacial score (nSPS) is 11.9. The van der Waals surface area contributed by atoms with E-state index in [-0.39, 0.29) is 19.1 Å². The van der Waals surface area contributed by atoms with Gasteiger partial charge in [-0.2, -0.15) is 0 Å². The van der Waals surface area contributed by atoms with Crippen LogP contribution in [0.2, 0.25) is 0 Å². The number of aromatic nitrogens is 4. The first-order valence-electron chi connectivity index (χ1n) is 9.64. The fourth-order valence-electron chi connectivity index (χ4n) is 2.96. The molecule has 29 heavy (non-hydrogen) atoms. The summed E-state index contributed by atoms with van der Waals surface area (Å²) in [6, 6.07) is 7.56. The molecule has 0 bridgehead atoms. The molecule has 9 nitrogen and oxygen atoms in total. The number of rotatable bonds is 12. The fraction of sp³-hybridized carbons (Fsp3) is 0.400. The Morgan fingerprint density at radius 1 is 1.28 bits per heavy atom. The molecule has 1 atom stereocenters. The zero-order valence-corrected chi connectivity index (χ0v) is 16.3. The van der Waals surface area contributed by atoms with Gasteiger partial charge in [-0.1, -0.05) is 26.2 Å². The molecule has 0 unspecified atom stereocenters. The molecule has 0 aliphatic rings. The lowest BCUT2D eigenvalue weighted by atomic mass is 10.0. The molecule has 2 aromatic heterocycles. The maximum Gasteiger partial charge on any atom is 0.253 e. The highest BCUT2D eigenvalue weighted by atomic mass is 16.5. The Kier molecular flexibility index (Phi) is 7.34. The fourth-order valence-corrected chi connectivity index (χ4v) is 2.96. The lowest BCUT2D eigenvalue weighted by Gasteiger charge is -2.16. The first kappa shape index (κ1) is 20.5. The zero-order chi connectivity index (χ0) is 20.5. The summed E-state index contributed by atoms with van der Waals surface area (Å²) in [4.78, 5) is 14.8. The van der Waals surface area contributed by atoms with Gasteiger partial charge in [0.1, 0.15) is 5.75 Å². The Labute approximate surface area is 168 Å². The Hall–Kier alpha value is -3.20. The second-order valence-electron chi connectivity index (χ2n) is 6.71. The molecule has 0 saturated heterocycles. The quantitative estimate of drug-likeness (QED) is 0.215. The number of carbonyl (C=O) groups excluding carboxylic acids is 1. The standard InChI is InChI=1S/C20H25N5O4/c1-2-3-4-5-16(12-25(27)15-26)20-23-22-19(29-20)13-28-18-8-6-17(7-9-18)24-11-10-21-14-24/h6-11,14-16,27H,2-5,12-13H2,1H3/t16-/m0/s1. The SMILES string of the molecule is CCCCC[C@@H](CN(O)C=O)c1nnc(COc2ccc(-n3ccnc3)cc2)o1. The third-order valence-electron chi connectivity index (χ3n) is 4.52. The summed E-state index contributed by atoms with van der Waals surface area (Å²) in [6.07, 6.45) is 9.52. The molecular formula is C20H25N5O4. The van der Waals surface area contributed by atoms with Crippen LogP contribution in [-0.4, -0.2) is 43.0 Å². The Morgan fingerprint density at radius 3 is 2.79 bits per heavy atom. The van der Waals surface area contributed by atoms with E-state index < -0.39 is 0 Å². The summed E-state index contributed by atoms with van der Waals surface area (Å²) in [5.74, 6) is 1.20. The van der Waals surface area contributed by atoms with Crippen LogP contribution in [0.5, 0.6) is 5.75 Å². The Balaban J connectivity index is 1.58. The summed E-state index contributed by atoms with van der Waals surface area (Å²) >= 11 is 0. The van der Waals surface area contributed by atoms with Crippen molar-refractivity contribution < 1.29 is 19.2 Å². The largest absolute Gasteiger partial charge is 0.484 e. The summed E-state index contributed by atoms with van der Waals surface area (Å²) in [6.45, 7) is 2.36. The van der Waals surface area contributed by atoms with Crippen molar-refractivity contribution in [3.05, 3.63) is 54.8 Å². The predicted octanol–water partition coefficient (Wildman–Crippen LogP) is 3.35. The molecule has 2 heterocycles. The molecule has 1 amide bonds. The van der Waals surface area contributed by atoms with Crippen LogP contribution in [-0.2, 0) is 11.4 Å². The lowest BCUT2D eigenvalue weighted by molar-refractivity contribution is -0.151. The van der Waals surface area contributed by atoms with Crippen molar-refractivity contribution in [3.8, 4) is 11.4 Å². The van der Waals surface area contributed by atoms with Crippen LogP contribution in [0.15, 0.2) is 47.4 Å². The number of nitrogens with zero attached hydrogens (tertiary/aromatic N) is 5. The highest BCUT2D eigenvalue weighted by Gasteiger charge is 2.21. The molecule has 154 valence electrons. The van der Waals surface area contributed by atoms with Crippen LogP contribution in [0.25, 0.3) is 5.69 Å². The van der Waals surface area contributed by atoms with Crippen LogP contribution in [0.4, 0.5) is 0 Å². The van der Waals surface area contributed by atoms with Gasteiger partial charge in [-0.15, -0.1) is 10.2 Å². The van der Waals surface area contributed by atoms with E-state index in [0.717, 1.165) is 31.4 Å². The predicted molar refractivity (Wildman–Crippen MR) is 104 cm³/mol.